The van der Waals surface area contributed by atoms with Crippen LogP contribution in [0.2, 0.25) is 0 Å². The Morgan fingerprint density at radius 2 is 1.73 bits per heavy atom. The van der Waals surface area contributed by atoms with Gasteiger partial charge in [-0.1, -0.05) is 37.3 Å². The fourth-order valence-electron chi connectivity index (χ4n) is 4.10. The van der Waals surface area contributed by atoms with Crippen molar-refractivity contribution in [2.24, 2.45) is 17.8 Å². The number of carbonyl (C=O) groups excluding carboxylic acids is 3. The van der Waals surface area contributed by atoms with Gasteiger partial charge in [-0.15, -0.1) is 0 Å². The van der Waals surface area contributed by atoms with Gasteiger partial charge in [0, 0.05) is 19.0 Å². The second-order valence-corrected chi connectivity index (χ2v) is 7.96. The molecule has 8 nitrogen and oxygen atoms in total. The zero-order valence-electron chi connectivity index (χ0n) is 18.7. The fraction of sp³-hybridized carbons (Fsp3) is 0.360. The molecule has 1 amide bonds. The SMILES string of the molecule is CCCN(Cc1ccc(Oc2ccccc2)cc1)C(=O)C1CC(C(=O)C=[N+]=[N-])C1C(=O)OC. The number of hydrogen-bond donors (Lipinski definition) is 0. The maximum Gasteiger partial charge on any atom is 0.323 e. The molecular weight excluding hydrogens is 422 g/mol. The Bertz CT molecular complexity index is 1030. The Kier molecular flexibility index (Phi) is 8.11. The molecule has 0 aromatic heterocycles. The lowest BCUT2D eigenvalue weighted by atomic mass is 9.62. The van der Waals surface area contributed by atoms with Crippen molar-refractivity contribution in [2.45, 2.75) is 26.3 Å². The van der Waals surface area contributed by atoms with Crippen molar-refractivity contribution in [1.82, 2.24) is 4.90 Å². The van der Waals surface area contributed by atoms with Gasteiger partial charge in [-0.25, -0.2) is 0 Å². The first-order chi connectivity index (χ1) is 16.0. The smallest absolute Gasteiger partial charge is 0.323 e. The molecule has 2 aromatic carbocycles. The molecule has 3 unspecified atom stereocenters. The van der Waals surface area contributed by atoms with Crippen LogP contribution in [0.25, 0.3) is 5.53 Å². The Labute approximate surface area is 192 Å². The third-order valence-electron chi connectivity index (χ3n) is 5.80. The number of rotatable bonds is 10. The average molecular weight is 450 g/mol. The van der Waals surface area contributed by atoms with E-state index in [9.17, 15) is 14.4 Å². The van der Waals surface area contributed by atoms with E-state index < -0.39 is 29.5 Å². The summed E-state index contributed by atoms with van der Waals surface area (Å²) in [6.07, 6.45) is 1.73. The molecule has 0 bridgehead atoms. The molecule has 0 heterocycles. The Morgan fingerprint density at radius 3 is 2.33 bits per heavy atom. The number of carbonyl (C=O) groups is 3. The predicted molar refractivity (Wildman–Crippen MR) is 120 cm³/mol. The van der Waals surface area contributed by atoms with Gasteiger partial charge in [0.15, 0.2) is 0 Å². The number of amides is 1. The van der Waals surface area contributed by atoms with Crippen LogP contribution in [0.5, 0.6) is 11.5 Å². The predicted octanol–water partition coefficient (Wildman–Crippen LogP) is 3.51. The molecular formula is C25H27N3O5. The van der Waals surface area contributed by atoms with Crippen LogP contribution in [0.4, 0.5) is 0 Å². The van der Waals surface area contributed by atoms with E-state index in [1.165, 1.54) is 7.11 Å². The van der Waals surface area contributed by atoms with Crippen molar-refractivity contribution in [3.05, 3.63) is 65.7 Å². The van der Waals surface area contributed by atoms with E-state index in [-0.39, 0.29) is 12.3 Å². The van der Waals surface area contributed by atoms with Gasteiger partial charge in [0.1, 0.15) is 11.5 Å². The quantitative estimate of drug-likeness (QED) is 0.239. The number of ether oxygens (including phenoxy) is 2. The minimum Gasteiger partial charge on any atom is -0.469 e. The number of Topliss-reactive ketones (excluding diaryl/α,β-unsaturated/α-hetero) is 1. The minimum absolute atomic E-state index is 0.193. The number of benzene rings is 2. The molecule has 33 heavy (non-hydrogen) atoms. The molecule has 1 aliphatic rings. The maximum absolute atomic E-state index is 13.3. The third-order valence-corrected chi connectivity index (χ3v) is 5.80. The summed E-state index contributed by atoms with van der Waals surface area (Å²) in [7, 11) is 1.23. The zero-order chi connectivity index (χ0) is 23.8. The number of ketones is 1. The van der Waals surface area contributed by atoms with Crippen LogP contribution in [-0.2, 0) is 25.7 Å². The van der Waals surface area contributed by atoms with Crippen molar-refractivity contribution >= 4 is 23.9 Å². The summed E-state index contributed by atoms with van der Waals surface area (Å²) in [6.45, 7) is 2.86. The number of esters is 1. The van der Waals surface area contributed by atoms with Crippen LogP contribution in [0, 0.1) is 17.8 Å². The van der Waals surface area contributed by atoms with Crippen molar-refractivity contribution in [1.29, 1.82) is 0 Å². The van der Waals surface area contributed by atoms with Gasteiger partial charge in [-0.2, -0.15) is 4.79 Å². The second-order valence-electron chi connectivity index (χ2n) is 7.96. The summed E-state index contributed by atoms with van der Waals surface area (Å²) in [5.74, 6) is -2.12. The highest BCUT2D eigenvalue weighted by atomic mass is 16.5. The summed E-state index contributed by atoms with van der Waals surface area (Å²) in [4.78, 5) is 42.1. The van der Waals surface area contributed by atoms with Crippen molar-refractivity contribution in [3.63, 3.8) is 0 Å². The topological polar surface area (TPSA) is 109 Å². The van der Waals surface area contributed by atoms with E-state index in [0.717, 1.165) is 23.9 Å². The standard InChI is InChI=1S/C25H27N3O5/c1-3-13-28(16-17-9-11-19(12-10-17)33-18-7-5-4-6-8-18)24(30)21-14-20(22(29)15-27-26)23(21)25(31)32-2/h4-12,15,20-21,23H,3,13-14,16H2,1-2H3. The van der Waals surface area contributed by atoms with Crippen molar-refractivity contribution < 1.29 is 28.6 Å². The highest BCUT2D eigenvalue weighted by Gasteiger charge is 2.54. The van der Waals surface area contributed by atoms with E-state index in [4.69, 9.17) is 15.0 Å². The molecule has 2 aromatic rings. The second kappa shape index (κ2) is 11.2. The van der Waals surface area contributed by atoms with Gasteiger partial charge in [0.25, 0.3) is 0 Å². The normalized spacial score (nSPS) is 18.9. The van der Waals surface area contributed by atoms with Crippen LogP contribution in [0.3, 0.4) is 0 Å². The number of para-hydroxylation sites is 1. The minimum atomic E-state index is -0.881. The van der Waals surface area contributed by atoms with Crippen molar-refractivity contribution in [3.8, 4) is 11.5 Å². The van der Waals surface area contributed by atoms with Crippen LogP contribution in [-0.4, -0.2) is 47.2 Å². The van der Waals surface area contributed by atoms with Gasteiger partial charge >= 0.3 is 12.2 Å². The van der Waals surface area contributed by atoms with Crippen LogP contribution >= 0.6 is 0 Å². The lowest BCUT2D eigenvalue weighted by Crippen LogP contribution is -2.54. The van der Waals surface area contributed by atoms with E-state index >= 15 is 0 Å². The molecule has 0 saturated heterocycles. The molecule has 1 fully saturated rings. The number of hydrogen-bond acceptors (Lipinski definition) is 5. The largest absolute Gasteiger partial charge is 0.469 e. The summed E-state index contributed by atoms with van der Waals surface area (Å²) < 4.78 is 10.6. The van der Waals surface area contributed by atoms with Crippen LogP contribution in [0.15, 0.2) is 54.6 Å². The lowest BCUT2D eigenvalue weighted by Gasteiger charge is -2.41. The number of nitrogens with zero attached hydrogens (tertiary/aromatic N) is 3. The molecule has 0 N–H and O–H groups in total. The van der Waals surface area contributed by atoms with Gasteiger partial charge in [-0.3, -0.25) is 14.4 Å². The highest BCUT2D eigenvalue weighted by Crippen LogP contribution is 2.43. The van der Waals surface area contributed by atoms with Crippen LogP contribution < -0.4 is 4.74 Å². The third kappa shape index (κ3) is 5.73. The first-order valence-corrected chi connectivity index (χ1v) is 10.9. The van der Waals surface area contributed by atoms with Crippen molar-refractivity contribution in [2.75, 3.05) is 13.7 Å². The maximum atomic E-state index is 13.3. The zero-order valence-corrected chi connectivity index (χ0v) is 18.7. The van der Waals surface area contributed by atoms with Gasteiger partial charge in [-0.05, 0) is 42.7 Å². The Hall–Kier alpha value is -3.77. The molecule has 0 radical (unpaired) electrons. The van der Waals surface area contributed by atoms with E-state index in [0.29, 0.717) is 18.8 Å². The first kappa shape index (κ1) is 23.9. The monoisotopic (exact) mass is 449 g/mol. The summed E-state index contributed by atoms with van der Waals surface area (Å²) in [6, 6.07) is 16.9. The van der Waals surface area contributed by atoms with E-state index in [2.05, 4.69) is 4.79 Å². The lowest BCUT2D eigenvalue weighted by molar-refractivity contribution is -0.167. The molecule has 3 rings (SSSR count). The van der Waals surface area contributed by atoms with E-state index in [1.807, 2.05) is 61.5 Å². The van der Waals surface area contributed by atoms with Gasteiger partial charge in [0.2, 0.25) is 11.7 Å². The molecule has 0 aliphatic heterocycles. The summed E-state index contributed by atoms with van der Waals surface area (Å²) in [5, 5.41) is 0. The molecule has 1 aliphatic carbocycles. The Balaban J connectivity index is 1.70. The number of methoxy groups -OCH3 is 1. The first-order valence-electron chi connectivity index (χ1n) is 10.9. The summed E-state index contributed by atoms with van der Waals surface area (Å²) >= 11 is 0. The van der Waals surface area contributed by atoms with E-state index in [1.54, 1.807) is 4.90 Å². The molecule has 0 spiro atoms. The molecule has 8 heteroatoms. The average Bonchev–Trinajstić information content (AvgIpc) is 2.80. The van der Waals surface area contributed by atoms with Gasteiger partial charge < -0.3 is 19.9 Å². The molecule has 1 saturated carbocycles. The molecule has 3 atom stereocenters. The van der Waals surface area contributed by atoms with Crippen LogP contribution in [0.1, 0.15) is 25.3 Å². The molecule has 172 valence electrons. The Morgan fingerprint density at radius 1 is 1.06 bits per heavy atom. The summed E-state index contributed by atoms with van der Waals surface area (Å²) in [5.41, 5.74) is 9.56. The highest BCUT2D eigenvalue weighted by molar-refractivity contribution is 6.27. The fourth-order valence-corrected chi connectivity index (χ4v) is 4.10. The van der Waals surface area contributed by atoms with Gasteiger partial charge in [0.05, 0.1) is 18.9 Å².